The van der Waals surface area contributed by atoms with E-state index in [1.165, 1.54) is 0 Å². The van der Waals surface area contributed by atoms with Crippen LogP contribution in [-0.4, -0.2) is 18.2 Å². The highest BCUT2D eigenvalue weighted by atomic mass is 16.3. The Bertz CT molecular complexity index is 1250. The summed E-state index contributed by atoms with van der Waals surface area (Å²) in [5.74, 6) is 0.344. The zero-order valence-electron chi connectivity index (χ0n) is 15.8. The van der Waals surface area contributed by atoms with Crippen molar-refractivity contribution in [2.45, 2.75) is 13.8 Å². The third-order valence-electron chi connectivity index (χ3n) is 5.05. The second kappa shape index (κ2) is 6.34. The Morgan fingerprint density at radius 1 is 0.929 bits per heavy atom. The van der Waals surface area contributed by atoms with Crippen molar-refractivity contribution in [3.63, 3.8) is 0 Å². The lowest BCUT2D eigenvalue weighted by Crippen LogP contribution is -2.33. The quantitative estimate of drug-likeness (QED) is 0.465. The molecule has 1 aliphatic rings. The van der Waals surface area contributed by atoms with Crippen molar-refractivity contribution in [2.75, 3.05) is 11.4 Å². The first-order valence-corrected chi connectivity index (χ1v) is 9.53. The van der Waals surface area contributed by atoms with E-state index < -0.39 is 0 Å². The minimum atomic E-state index is -0.0351. The summed E-state index contributed by atoms with van der Waals surface area (Å²) in [5, 5.41) is 2.06. The zero-order chi connectivity index (χ0) is 19.3. The maximum atomic E-state index is 13.1. The van der Waals surface area contributed by atoms with Crippen LogP contribution in [0.2, 0.25) is 0 Å². The van der Waals surface area contributed by atoms with Crippen LogP contribution in [0.15, 0.2) is 76.1 Å². The van der Waals surface area contributed by atoms with Crippen LogP contribution in [0.3, 0.4) is 0 Å². The predicted molar refractivity (Wildman–Crippen MR) is 114 cm³/mol. The summed E-state index contributed by atoms with van der Waals surface area (Å²) in [4.78, 5) is 19.7. The monoisotopic (exact) mass is 368 g/mol. The number of fused-ring (bicyclic) bond motifs is 4. The van der Waals surface area contributed by atoms with Crippen molar-refractivity contribution in [1.29, 1.82) is 0 Å². The van der Waals surface area contributed by atoms with Gasteiger partial charge < -0.3 is 9.32 Å². The molecule has 3 aromatic carbocycles. The van der Waals surface area contributed by atoms with Gasteiger partial charge in [0.2, 0.25) is 0 Å². The fourth-order valence-corrected chi connectivity index (χ4v) is 3.83. The van der Waals surface area contributed by atoms with Crippen LogP contribution in [0.1, 0.15) is 19.4 Å². The Hall–Kier alpha value is -3.40. The van der Waals surface area contributed by atoms with E-state index in [-0.39, 0.29) is 5.91 Å². The van der Waals surface area contributed by atoms with E-state index in [2.05, 4.69) is 13.8 Å². The Kier molecular flexibility index (Phi) is 3.79. The first-order chi connectivity index (χ1) is 13.6. The highest BCUT2D eigenvalue weighted by molar-refractivity contribution is 6.54. The molecule has 1 amide bonds. The number of furan rings is 1. The van der Waals surface area contributed by atoms with Crippen LogP contribution in [0.25, 0.3) is 21.9 Å². The van der Waals surface area contributed by atoms with Gasteiger partial charge in [0.1, 0.15) is 16.9 Å². The number of nitrogens with zero attached hydrogens (tertiary/aromatic N) is 2. The number of carbonyl (C=O) groups excluding carboxylic acids is 1. The minimum Gasteiger partial charge on any atom is -0.456 e. The van der Waals surface area contributed by atoms with E-state index >= 15 is 0 Å². The normalized spacial score (nSPS) is 15.3. The average Bonchev–Trinajstić information content (AvgIpc) is 3.19. The van der Waals surface area contributed by atoms with Crippen LogP contribution in [0, 0.1) is 5.92 Å². The minimum absolute atomic E-state index is 0.0351. The van der Waals surface area contributed by atoms with Gasteiger partial charge in [-0.1, -0.05) is 50.2 Å². The van der Waals surface area contributed by atoms with Crippen LogP contribution >= 0.6 is 0 Å². The molecule has 4 aromatic rings. The molecule has 1 aliphatic heterocycles. The van der Waals surface area contributed by atoms with Gasteiger partial charge in [0.05, 0.1) is 11.4 Å². The van der Waals surface area contributed by atoms with Gasteiger partial charge >= 0.3 is 0 Å². The lowest BCUT2D eigenvalue weighted by molar-refractivity contribution is -0.112. The van der Waals surface area contributed by atoms with E-state index in [9.17, 15) is 4.79 Å². The highest BCUT2D eigenvalue weighted by Gasteiger charge is 2.33. The molecule has 0 fully saturated rings. The van der Waals surface area contributed by atoms with Gasteiger partial charge in [-0.15, -0.1) is 0 Å². The van der Waals surface area contributed by atoms with Gasteiger partial charge in [0.25, 0.3) is 5.91 Å². The molecule has 4 nitrogen and oxygen atoms in total. The van der Waals surface area contributed by atoms with Gasteiger partial charge in [-0.3, -0.25) is 4.79 Å². The van der Waals surface area contributed by atoms with Crippen LogP contribution in [-0.2, 0) is 4.79 Å². The fraction of sp³-hybridized carbons (Fsp3) is 0.167. The molecule has 28 heavy (non-hydrogen) atoms. The highest BCUT2D eigenvalue weighted by Crippen LogP contribution is 2.34. The van der Waals surface area contributed by atoms with E-state index in [4.69, 9.17) is 9.41 Å². The molecule has 0 N–H and O–H groups in total. The molecule has 0 bridgehead atoms. The molecule has 0 unspecified atom stereocenters. The van der Waals surface area contributed by atoms with Crippen molar-refractivity contribution < 1.29 is 9.21 Å². The maximum Gasteiger partial charge on any atom is 0.277 e. The first-order valence-electron chi connectivity index (χ1n) is 9.53. The molecular weight excluding hydrogens is 348 g/mol. The lowest BCUT2D eigenvalue weighted by Gasteiger charge is -2.18. The first kappa shape index (κ1) is 16.8. The molecule has 0 spiro atoms. The van der Waals surface area contributed by atoms with Crippen LogP contribution in [0.4, 0.5) is 11.4 Å². The molecule has 0 radical (unpaired) electrons. The summed E-state index contributed by atoms with van der Waals surface area (Å²) in [5.41, 5.74) is 4.77. The van der Waals surface area contributed by atoms with Gasteiger partial charge in [-0.2, -0.15) is 0 Å². The van der Waals surface area contributed by atoms with Crippen LogP contribution < -0.4 is 4.90 Å². The topological polar surface area (TPSA) is 45.8 Å². The number of para-hydroxylation sites is 2. The summed E-state index contributed by atoms with van der Waals surface area (Å²) in [6, 6.07) is 21.7. The van der Waals surface area contributed by atoms with Crippen molar-refractivity contribution in [3.8, 4) is 0 Å². The number of hydrogen-bond donors (Lipinski definition) is 0. The van der Waals surface area contributed by atoms with Gasteiger partial charge in [-0.05, 0) is 36.2 Å². The van der Waals surface area contributed by atoms with Crippen molar-refractivity contribution in [3.05, 3.63) is 72.3 Å². The molecule has 5 rings (SSSR count). The fourth-order valence-electron chi connectivity index (χ4n) is 3.83. The Morgan fingerprint density at radius 2 is 1.68 bits per heavy atom. The zero-order valence-corrected chi connectivity index (χ0v) is 15.8. The predicted octanol–water partition coefficient (Wildman–Crippen LogP) is 5.71. The molecular formula is C24H20N2O2. The van der Waals surface area contributed by atoms with Gasteiger partial charge in [-0.25, -0.2) is 4.99 Å². The Labute approximate surface area is 163 Å². The molecule has 0 aliphatic carbocycles. The number of rotatable bonds is 3. The third-order valence-corrected chi connectivity index (χ3v) is 5.05. The molecule has 2 heterocycles. The van der Waals surface area contributed by atoms with Crippen LogP contribution in [0.5, 0.6) is 0 Å². The average molecular weight is 368 g/mol. The largest absolute Gasteiger partial charge is 0.456 e. The molecule has 1 aromatic heterocycles. The molecule has 0 saturated carbocycles. The van der Waals surface area contributed by atoms with E-state index in [0.717, 1.165) is 38.9 Å². The smallest absolute Gasteiger partial charge is 0.277 e. The summed E-state index contributed by atoms with van der Waals surface area (Å²) < 4.78 is 5.89. The summed E-state index contributed by atoms with van der Waals surface area (Å²) in [6.45, 7) is 4.91. The third kappa shape index (κ3) is 2.61. The lowest BCUT2D eigenvalue weighted by atomic mass is 10.1. The van der Waals surface area contributed by atoms with Crippen molar-refractivity contribution >= 4 is 44.9 Å². The number of amides is 1. The van der Waals surface area contributed by atoms with Crippen molar-refractivity contribution in [2.24, 2.45) is 10.9 Å². The standard InChI is InChI=1S/C24H20N2O2/c1-15(2)14-26-20-9-5-3-8-18(20)23(24(26)27)25-16-11-12-22-19(13-16)17-7-4-6-10-21(17)28-22/h3-13,15H,14H2,1-2H3. The summed E-state index contributed by atoms with van der Waals surface area (Å²) in [6.07, 6.45) is 0. The number of benzene rings is 3. The second-order valence-corrected chi connectivity index (χ2v) is 7.57. The number of carbonyl (C=O) groups is 1. The Morgan fingerprint density at radius 3 is 2.54 bits per heavy atom. The number of anilines is 1. The number of hydrogen-bond acceptors (Lipinski definition) is 3. The van der Waals surface area contributed by atoms with E-state index in [0.29, 0.717) is 18.2 Å². The maximum absolute atomic E-state index is 13.1. The van der Waals surface area contributed by atoms with E-state index in [1.54, 1.807) is 0 Å². The summed E-state index contributed by atoms with van der Waals surface area (Å²) in [7, 11) is 0. The molecule has 0 atom stereocenters. The van der Waals surface area contributed by atoms with Gasteiger partial charge in [0.15, 0.2) is 0 Å². The number of aliphatic imine (C=N–C) groups is 1. The second-order valence-electron chi connectivity index (χ2n) is 7.57. The Balaban J connectivity index is 1.64. The summed E-state index contributed by atoms with van der Waals surface area (Å²) >= 11 is 0. The molecule has 138 valence electrons. The SMILES string of the molecule is CC(C)CN1C(=O)C(=Nc2ccc3oc4ccccc4c3c2)c2ccccc21. The molecule has 0 saturated heterocycles. The molecule has 4 heteroatoms. The van der Waals surface area contributed by atoms with E-state index in [1.807, 2.05) is 71.6 Å². The van der Waals surface area contributed by atoms with Gasteiger partial charge in [0, 0.05) is 22.9 Å². The van der Waals surface area contributed by atoms with Crippen molar-refractivity contribution in [1.82, 2.24) is 0 Å².